The van der Waals surface area contributed by atoms with Crippen molar-refractivity contribution in [2.45, 2.75) is 315 Å². The van der Waals surface area contributed by atoms with Gasteiger partial charge < -0.3 is 18.9 Å². The van der Waals surface area contributed by atoms with Crippen molar-refractivity contribution in [1.29, 1.82) is 0 Å². The van der Waals surface area contributed by atoms with Gasteiger partial charge in [-0.3, -0.25) is 18.6 Å². The number of unbranched alkanes of at least 4 members (excludes halogenated alkanes) is 31. The molecule has 516 valence electrons. The van der Waals surface area contributed by atoms with Crippen LogP contribution in [0.4, 0.5) is 0 Å². The first-order valence-corrected chi connectivity index (χ1v) is 38.4. The molecule has 0 aliphatic carbocycles. The summed E-state index contributed by atoms with van der Waals surface area (Å²) in [6, 6.07) is 0. The lowest BCUT2D eigenvalue weighted by Gasteiger charge is -2.24. The Bertz CT molecular complexity index is 1980. The Hall–Kier alpha value is -3.85. The fraction of sp³-hybridized carbons (Fsp3) is 0.700. The van der Waals surface area contributed by atoms with Gasteiger partial charge in [0.1, 0.15) is 19.8 Å². The van der Waals surface area contributed by atoms with Crippen LogP contribution in [0.5, 0.6) is 0 Å². The van der Waals surface area contributed by atoms with Crippen molar-refractivity contribution in [3.63, 3.8) is 0 Å². The maximum absolute atomic E-state index is 12.9. The van der Waals surface area contributed by atoms with Gasteiger partial charge in [0.2, 0.25) is 0 Å². The maximum Gasteiger partial charge on any atom is 0.472 e. The summed E-state index contributed by atoms with van der Waals surface area (Å²) >= 11 is 0. The Morgan fingerprint density at radius 3 is 0.967 bits per heavy atom. The van der Waals surface area contributed by atoms with Crippen LogP contribution >= 0.6 is 7.82 Å². The number of carbonyl (C=O) groups is 2. The van der Waals surface area contributed by atoms with Crippen LogP contribution in [-0.4, -0.2) is 74.9 Å². The quantitative estimate of drug-likeness (QED) is 0.0211. The monoisotopic (exact) mass is 1270 g/mol. The zero-order valence-corrected chi connectivity index (χ0v) is 59.7. The van der Waals surface area contributed by atoms with Crippen molar-refractivity contribution in [2.75, 3.05) is 47.5 Å². The number of esters is 2. The van der Waals surface area contributed by atoms with E-state index in [0.29, 0.717) is 17.4 Å². The van der Waals surface area contributed by atoms with Crippen molar-refractivity contribution in [1.82, 2.24) is 0 Å². The molecule has 0 spiro atoms. The average molecular weight is 1270 g/mol. The van der Waals surface area contributed by atoms with Gasteiger partial charge in [0, 0.05) is 12.8 Å². The van der Waals surface area contributed by atoms with E-state index in [0.717, 1.165) is 96.3 Å². The standard InChI is InChI=1S/C80H138NO8P/c1-6-8-10-12-14-16-18-20-22-24-26-28-30-32-34-35-36-37-38-39-40-41-42-43-44-45-47-48-50-52-54-56-58-60-62-64-66-68-70-72-79(82)86-76-78(77-88-90(84,85)87-75-74-81(3,4)5)89-80(83)73-71-69-67-65-63-61-59-57-55-53-51-49-46-33-31-29-27-25-23-21-19-17-15-13-11-9-7-2/h9,11,15,17-18,20-21,23-24,26-27,29-30,32-33,46,51,53,57,59,63,65,78H,6-8,10,12-14,16,19,22,25,28,31,34-45,47-50,52,54-56,58,60-62,64,66-77H2,1-5H3/p+1/b11-9-,17-15-,20-18-,23-21-,26-24-,29-27-,32-30-,46-33-,53-51-,59-57-,65-63-. The maximum atomic E-state index is 12.9. The van der Waals surface area contributed by atoms with Crippen LogP contribution in [0.25, 0.3) is 0 Å². The molecular formula is C80H139NO8P+. The number of nitrogens with zero attached hydrogens (tertiary/aromatic N) is 1. The van der Waals surface area contributed by atoms with Gasteiger partial charge in [0.05, 0.1) is 27.7 Å². The third-order valence-corrected chi connectivity index (χ3v) is 16.6. The highest BCUT2D eigenvalue weighted by atomic mass is 31.2. The first-order chi connectivity index (χ1) is 44.0. The highest BCUT2D eigenvalue weighted by molar-refractivity contribution is 7.47. The van der Waals surface area contributed by atoms with E-state index in [1.165, 1.54) is 180 Å². The Morgan fingerprint density at radius 2 is 0.633 bits per heavy atom. The van der Waals surface area contributed by atoms with Gasteiger partial charge in [-0.25, -0.2) is 4.57 Å². The van der Waals surface area contributed by atoms with Gasteiger partial charge in [-0.1, -0.05) is 314 Å². The van der Waals surface area contributed by atoms with Crippen molar-refractivity contribution < 1.29 is 42.1 Å². The van der Waals surface area contributed by atoms with Gasteiger partial charge >= 0.3 is 19.8 Å². The lowest BCUT2D eigenvalue weighted by molar-refractivity contribution is -0.870. The molecule has 0 bridgehead atoms. The van der Waals surface area contributed by atoms with Crippen molar-refractivity contribution in [3.8, 4) is 0 Å². The summed E-state index contributed by atoms with van der Waals surface area (Å²) in [6.45, 7) is 4.27. The predicted molar refractivity (Wildman–Crippen MR) is 390 cm³/mol. The van der Waals surface area contributed by atoms with Crippen LogP contribution in [0.1, 0.15) is 309 Å². The summed E-state index contributed by atoms with van der Waals surface area (Å²) in [6.07, 6.45) is 102. The second-order valence-corrected chi connectivity index (χ2v) is 27.0. The van der Waals surface area contributed by atoms with E-state index < -0.39 is 26.5 Å². The molecule has 0 amide bonds. The van der Waals surface area contributed by atoms with E-state index in [1.54, 1.807) is 0 Å². The molecule has 90 heavy (non-hydrogen) atoms. The molecule has 10 heteroatoms. The summed E-state index contributed by atoms with van der Waals surface area (Å²) in [7, 11) is 1.44. The van der Waals surface area contributed by atoms with Gasteiger partial charge in [0.15, 0.2) is 6.10 Å². The first kappa shape index (κ1) is 86.2. The van der Waals surface area contributed by atoms with E-state index >= 15 is 0 Å². The SMILES string of the molecule is CC/C=C\C/C=C\C/C=C\C/C=C\C/C=C\C/C=C\C/C=C\C/C=C\CCCCC(=O)OC(COC(=O)CCCCCCCCCCCCCCCCCCCCCCCCCC/C=C\C/C=C\C/C=C\CCCCCCC)COP(=O)(O)OCC[N+](C)(C)C. The van der Waals surface area contributed by atoms with Gasteiger partial charge in [-0.15, -0.1) is 0 Å². The lowest BCUT2D eigenvalue weighted by Crippen LogP contribution is -2.37. The summed E-state index contributed by atoms with van der Waals surface area (Å²) in [5.74, 6) is -0.847. The third-order valence-electron chi connectivity index (χ3n) is 15.7. The number of hydrogen-bond donors (Lipinski definition) is 1. The van der Waals surface area contributed by atoms with Gasteiger partial charge in [-0.2, -0.15) is 0 Å². The molecule has 0 aromatic carbocycles. The Morgan fingerprint density at radius 1 is 0.356 bits per heavy atom. The zero-order chi connectivity index (χ0) is 65.5. The Labute approximate surface area is 555 Å². The van der Waals surface area contributed by atoms with Crippen molar-refractivity contribution >= 4 is 19.8 Å². The lowest BCUT2D eigenvalue weighted by atomic mass is 10.0. The number of quaternary nitrogens is 1. The van der Waals surface area contributed by atoms with E-state index in [2.05, 4.69) is 148 Å². The van der Waals surface area contributed by atoms with E-state index in [1.807, 2.05) is 21.1 Å². The minimum absolute atomic E-state index is 0.0175. The minimum atomic E-state index is -4.41. The molecule has 0 rings (SSSR count). The normalized spacial score (nSPS) is 13.9. The molecule has 0 aromatic rings. The molecule has 0 fully saturated rings. The number of likely N-dealkylation sites (N-methyl/N-ethyl adjacent to an activating group) is 1. The summed E-state index contributed by atoms with van der Waals surface area (Å²) < 4.78 is 34.7. The molecule has 1 N–H and O–H groups in total. The number of phosphoric acid groups is 1. The predicted octanol–water partition coefficient (Wildman–Crippen LogP) is 24.4. The molecule has 0 aliphatic rings. The largest absolute Gasteiger partial charge is 0.472 e. The molecule has 9 nitrogen and oxygen atoms in total. The summed E-state index contributed by atoms with van der Waals surface area (Å²) in [5.41, 5.74) is 0. The molecular weight excluding hydrogens is 1130 g/mol. The highest BCUT2D eigenvalue weighted by Gasteiger charge is 2.27. The minimum Gasteiger partial charge on any atom is -0.462 e. The fourth-order valence-electron chi connectivity index (χ4n) is 10.0. The van der Waals surface area contributed by atoms with Crippen LogP contribution in [0.3, 0.4) is 0 Å². The number of hydrogen-bond acceptors (Lipinski definition) is 7. The second-order valence-electron chi connectivity index (χ2n) is 25.6. The van der Waals surface area contributed by atoms with Gasteiger partial charge in [-0.05, 0) is 116 Å². The topological polar surface area (TPSA) is 108 Å². The molecule has 2 unspecified atom stereocenters. The molecule has 2 atom stereocenters. The molecule has 0 heterocycles. The smallest absolute Gasteiger partial charge is 0.462 e. The number of phosphoric ester groups is 1. The average Bonchev–Trinajstić information content (AvgIpc) is 3.61. The highest BCUT2D eigenvalue weighted by Crippen LogP contribution is 2.43. The Balaban J connectivity index is 4.04. The molecule has 0 radical (unpaired) electrons. The number of carbonyl (C=O) groups excluding carboxylic acids is 2. The van der Waals surface area contributed by atoms with Crippen LogP contribution < -0.4 is 0 Å². The summed E-state index contributed by atoms with van der Waals surface area (Å²) in [4.78, 5) is 35.9. The van der Waals surface area contributed by atoms with Gasteiger partial charge in [0.25, 0.3) is 0 Å². The fourth-order valence-corrected chi connectivity index (χ4v) is 10.8. The van der Waals surface area contributed by atoms with Crippen molar-refractivity contribution in [2.24, 2.45) is 0 Å². The molecule has 0 aliphatic heterocycles. The molecule has 0 saturated heterocycles. The number of allylic oxidation sites excluding steroid dienone is 22. The Kier molecular flexibility index (Phi) is 66.5. The van der Waals surface area contributed by atoms with E-state index in [-0.39, 0.29) is 32.0 Å². The second kappa shape index (κ2) is 69.5. The summed E-state index contributed by atoms with van der Waals surface area (Å²) in [5, 5.41) is 0. The van der Waals surface area contributed by atoms with E-state index in [9.17, 15) is 19.0 Å². The number of rotatable bonds is 67. The first-order valence-electron chi connectivity index (χ1n) is 36.9. The number of ether oxygens (including phenoxy) is 2. The van der Waals surface area contributed by atoms with Crippen LogP contribution in [-0.2, 0) is 32.7 Å². The van der Waals surface area contributed by atoms with Crippen LogP contribution in [0.2, 0.25) is 0 Å². The molecule has 0 saturated carbocycles. The van der Waals surface area contributed by atoms with E-state index in [4.69, 9.17) is 18.5 Å². The van der Waals surface area contributed by atoms with Crippen molar-refractivity contribution in [3.05, 3.63) is 134 Å². The van der Waals surface area contributed by atoms with Crippen LogP contribution in [0, 0.1) is 0 Å². The third kappa shape index (κ3) is 73.2. The van der Waals surface area contributed by atoms with Crippen LogP contribution in [0.15, 0.2) is 134 Å². The molecule has 0 aromatic heterocycles. The zero-order valence-electron chi connectivity index (χ0n) is 58.8.